The van der Waals surface area contributed by atoms with Gasteiger partial charge in [0.25, 0.3) is 0 Å². The molecule has 1 fully saturated rings. The molecule has 1 aromatic carbocycles. The number of β-amino-alcohol motifs (C(OH)–C–C–N with tert-alkyl or cyclic N) is 1. The molecule has 128 valence electrons. The molecule has 2 atom stereocenters. The first kappa shape index (κ1) is 16.6. The molecule has 2 N–H and O–H groups in total. The van der Waals surface area contributed by atoms with E-state index in [1.807, 2.05) is 0 Å². The Balaban J connectivity index is 1.66. The summed E-state index contributed by atoms with van der Waals surface area (Å²) >= 11 is 0. The summed E-state index contributed by atoms with van der Waals surface area (Å²) in [7, 11) is 0. The molecule has 2 aromatic rings. The molecular weight excluding hydrogens is 318 g/mol. The van der Waals surface area contributed by atoms with Gasteiger partial charge in [0.15, 0.2) is 0 Å². The van der Waals surface area contributed by atoms with E-state index in [1.54, 1.807) is 17.0 Å². The van der Waals surface area contributed by atoms with Gasteiger partial charge in [0.2, 0.25) is 5.91 Å². The van der Waals surface area contributed by atoms with Gasteiger partial charge in [-0.15, -0.1) is 0 Å². The maximum absolute atomic E-state index is 14.0. The van der Waals surface area contributed by atoms with Gasteiger partial charge in [-0.3, -0.25) is 9.69 Å². The number of amides is 1. The molecule has 1 saturated heterocycles. The van der Waals surface area contributed by atoms with Crippen molar-refractivity contribution in [3.8, 4) is 0 Å². The summed E-state index contributed by atoms with van der Waals surface area (Å²) < 4.78 is 32.6. The van der Waals surface area contributed by atoms with E-state index in [1.165, 1.54) is 6.26 Å². The predicted molar refractivity (Wildman–Crippen MR) is 81.9 cm³/mol. The number of rotatable bonds is 5. The minimum Gasteiger partial charge on any atom is -0.467 e. The standard InChI is InChI=1S/C17H18F2N2O3/c18-11-3-4-15(19)14(6-11)16-7-12(22)9-21(16)10-17(23)20-8-13-2-1-5-24-13/h1-6,12,16,22H,7-10H2,(H,20,23). The van der Waals surface area contributed by atoms with E-state index in [0.29, 0.717) is 5.76 Å². The second-order valence-electron chi connectivity index (χ2n) is 5.86. The van der Waals surface area contributed by atoms with Crippen LogP contribution in [0.4, 0.5) is 8.78 Å². The first-order valence-corrected chi connectivity index (χ1v) is 7.69. The monoisotopic (exact) mass is 336 g/mol. The summed E-state index contributed by atoms with van der Waals surface area (Å²) in [6, 6.07) is 6.15. The minimum absolute atomic E-state index is 0.0155. The van der Waals surface area contributed by atoms with Crippen molar-refractivity contribution in [1.82, 2.24) is 10.2 Å². The van der Waals surface area contributed by atoms with Gasteiger partial charge in [-0.05, 0) is 36.8 Å². The third-order valence-electron chi connectivity index (χ3n) is 4.08. The highest BCUT2D eigenvalue weighted by atomic mass is 19.1. The predicted octanol–water partition coefficient (Wildman–Crippen LogP) is 1.98. The van der Waals surface area contributed by atoms with Gasteiger partial charge in [0.05, 0.1) is 25.5 Å². The highest BCUT2D eigenvalue weighted by molar-refractivity contribution is 5.78. The molecule has 1 aliphatic heterocycles. The second-order valence-corrected chi connectivity index (χ2v) is 5.86. The van der Waals surface area contributed by atoms with E-state index in [-0.39, 0.29) is 37.5 Å². The Morgan fingerprint density at radius 3 is 2.96 bits per heavy atom. The molecule has 5 nitrogen and oxygen atoms in total. The molecule has 2 heterocycles. The fourth-order valence-corrected chi connectivity index (χ4v) is 2.99. The van der Waals surface area contributed by atoms with Crippen LogP contribution >= 0.6 is 0 Å². The zero-order chi connectivity index (χ0) is 17.1. The number of hydrogen-bond donors (Lipinski definition) is 2. The lowest BCUT2D eigenvalue weighted by Crippen LogP contribution is -2.37. The molecule has 0 saturated carbocycles. The molecule has 7 heteroatoms. The average Bonchev–Trinajstić information content (AvgIpc) is 3.17. The van der Waals surface area contributed by atoms with Crippen molar-refractivity contribution >= 4 is 5.91 Å². The third kappa shape index (κ3) is 3.80. The molecule has 0 spiro atoms. The zero-order valence-electron chi connectivity index (χ0n) is 12.9. The largest absolute Gasteiger partial charge is 0.467 e. The fraction of sp³-hybridized carbons (Fsp3) is 0.353. The van der Waals surface area contributed by atoms with Crippen LogP contribution in [0.3, 0.4) is 0 Å². The Morgan fingerprint density at radius 2 is 2.21 bits per heavy atom. The first-order valence-electron chi connectivity index (χ1n) is 7.69. The number of carbonyl (C=O) groups excluding carboxylic acids is 1. The minimum atomic E-state index is -0.685. The summed E-state index contributed by atoms with van der Waals surface area (Å²) in [6.07, 6.45) is 1.09. The first-order chi connectivity index (χ1) is 11.5. The molecule has 1 aromatic heterocycles. The highest BCUT2D eigenvalue weighted by Crippen LogP contribution is 2.33. The smallest absolute Gasteiger partial charge is 0.234 e. The Morgan fingerprint density at radius 1 is 1.38 bits per heavy atom. The van der Waals surface area contributed by atoms with E-state index in [0.717, 1.165) is 18.2 Å². The molecule has 0 radical (unpaired) electrons. The summed E-state index contributed by atoms with van der Waals surface area (Å²) in [5.74, 6) is -0.744. The SMILES string of the molecule is O=C(CN1CC(O)CC1c1cc(F)ccc1F)NCc1ccco1. The van der Waals surface area contributed by atoms with Crippen molar-refractivity contribution in [1.29, 1.82) is 0 Å². The number of halogens is 2. The van der Waals surface area contributed by atoms with Crippen LogP contribution in [0.15, 0.2) is 41.0 Å². The number of aliphatic hydroxyl groups excluding tert-OH is 1. The molecule has 3 rings (SSSR count). The van der Waals surface area contributed by atoms with Gasteiger partial charge in [0, 0.05) is 18.2 Å². The number of likely N-dealkylation sites (tertiary alicyclic amines) is 1. The lowest BCUT2D eigenvalue weighted by atomic mass is 10.0. The number of aliphatic hydroxyl groups is 1. The van der Waals surface area contributed by atoms with Crippen molar-refractivity contribution in [3.63, 3.8) is 0 Å². The Bertz CT molecular complexity index is 706. The molecular formula is C17H18F2N2O3. The summed E-state index contributed by atoms with van der Waals surface area (Å²) in [5.41, 5.74) is 0.158. The summed E-state index contributed by atoms with van der Waals surface area (Å²) in [4.78, 5) is 13.7. The lowest BCUT2D eigenvalue weighted by molar-refractivity contribution is -0.122. The van der Waals surface area contributed by atoms with E-state index < -0.39 is 23.8 Å². The highest BCUT2D eigenvalue weighted by Gasteiger charge is 2.34. The van der Waals surface area contributed by atoms with Crippen molar-refractivity contribution in [2.75, 3.05) is 13.1 Å². The molecule has 2 unspecified atom stereocenters. The van der Waals surface area contributed by atoms with Crippen molar-refractivity contribution in [3.05, 3.63) is 59.6 Å². The Labute approximate surface area is 137 Å². The van der Waals surface area contributed by atoms with Crippen molar-refractivity contribution in [2.24, 2.45) is 0 Å². The van der Waals surface area contributed by atoms with Gasteiger partial charge < -0.3 is 14.8 Å². The molecule has 24 heavy (non-hydrogen) atoms. The van der Waals surface area contributed by atoms with Crippen LogP contribution in [-0.2, 0) is 11.3 Å². The molecule has 0 bridgehead atoms. The second kappa shape index (κ2) is 7.11. The van der Waals surface area contributed by atoms with Crippen LogP contribution in [0, 0.1) is 11.6 Å². The Hall–Kier alpha value is -2.25. The lowest BCUT2D eigenvalue weighted by Gasteiger charge is -2.24. The number of nitrogens with zero attached hydrogens (tertiary/aromatic N) is 1. The van der Waals surface area contributed by atoms with E-state index in [2.05, 4.69) is 5.32 Å². The van der Waals surface area contributed by atoms with Crippen LogP contribution in [0.2, 0.25) is 0 Å². The van der Waals surface area contributed by atoms with E-state index >= 15 is 0 Å². The number of nitrogens with one attached hydrogen (secondary N) is 1. The van der Waals surface area contributed by atoms with Gasteiger partial charge in [-0.2, -0.15) is 0 Å². The Kier molecular flexibility index (Phi) is 4.92. The molecule has 1 amide bonds. The van der Waals surface area contributed by atoms with Crippen molar-refractivity contribution < 1.29 is 23.1 Å². The normalized spacial score (nSPS) is 21.1. The summed E-state index contributed by atoms with van der Waals surface area (Å²) in [5, 5.41) is 12.6. The quantitative estimate of drug-likeness (QED) is 0.876. The number of hydrogen-bond acceptors (Lipinski definition) is 4. The van der Waals surface area contributed by atoms with Gasteiger partial charge >= 0.3 is 0 Å². The van der Waals surface area contributed by atoms with E-state index in [4.69, 9.17) is 4.42 Å². The van der Waals surface area contributed by atoms with E-state index in [9.17, 15) is 18.7 Å². The van der Waals surface area contributed by atoms with Crippen LogP contribution in [0.5, 0.6) is 0 Å². The number of benzene rings is 1. The van der Waals surface area contributed by atoms with Gasteiger partial charge in [-0.25, -0.2) is 8.78 Å². The number of carbonyl (C=O) groups is 1. The van der Waals surface area contributed by atoms with Crippen molar-refractivity contribution in [2.45, 2.75) is 25.1 Å². The molecule has 0 aliphatic carbocycles. The van der Waals surface area contributed by atoms with Crippen LogP contribution in [0.1, 0.15) is 23.8 Å². The summed E-state index contributed by atoms with van der Waals surface area (Å²) in [6.45, 7) is 0.467. The fourth-order valence-electron chi connectivity index (χ4n) is 2.99. The topological polar surface area (TPSA) is 65.7 Å². The van der Waals surface area contributed by atoms with Crippen LogP contribution in [-0.4, -0.2) is 35.1 Å². The average molecular weight is 336 g/mol. The van der Waals surface area contributed by atoms with Gasteiger partial charge in [-0.1, -0.05) is 0 Å². The maximum atomic E-state index is 14.0. The van der Waals surface area contributed by atoms with Crippen LogP contribution < -0.4 is 5.32 Å². The number of furan rings is 1. The third-order valence-corrected chi connectivity index (χ3v) is 4.08. The maximum Gasteiger partial charge on any atom is 0.234 e. The molecule has 1 aliphatic rings. The zero-order valence-corrected chi connectivity index (χ0v) is 12.9. The van der Waals surface area contributed by atoms with Crippen LogP contribution in [0.25, 0.3) is 0 Å². The van der Waals surface area contributed by atoms with Gasteiger partial charge in [0.1, 0.15) is 17.4 Å².